The number of nitrogens with one attached hydrogen (secondary N) is 1. The van der Waals surface area contributed by atoms with Crippen LogP contribution in [0.15, 0.2) is 30.6 Å². The quantitative estimate of drug-likeness (QED) is 0.899. The number of aromatic nitrogens is 2. The molecule has 1 aliphatic rings. The van der Waals surface area contributed by atoms with E-state index in [0.717, 1.165) is 42.9 Å². The van der Waals surface area contributed by atoms with Crippen molar-refractivity contribution in [3.63, 3.8) is 0 Å². The van der Waals surface area contributed by atoms with Crippen molar-refractivity contribution in [3.05, 3.63) is 30.6 Å². The molecular formula is C14H17N3O. The Morgan fingerprint density at radius 2 is 2.22 bits per heavy atom. The number of benzene rings is 1. The Hall–Kier alpha value is -1.68. The second kappa shape index (κ2) is 5.31. The lowest BCUT2D eigenvalue weighted by molar-refractivity contribution is 0.0595. The first-order valence-electron chi connectivity index (χ1n) is 6.45. The van der Waals surface area contributed by atoms with Crippen LogP contribution in [0.2, 0.25) is 0 Å². The molecule has 0 spiro atoms. The second-order valence-electron chi connectivity index (χ2n) is 4.70. The number of rotatable bonds is 3. The second-order valence-corrected chi connectivity index (χ2v) is 4.70. The van der Waals surface area contributed by atoms with Crippen LogP contribution in [0.1, 0.15) is 12.8 Å². The maximum atomic E-state index is 5.49. The molecule has 18 heavy (non-hydrogen) atoms. The van der Waals surface area contributed by atoms with Crippen LogP contribution in [0.5, 0.6) is 0 Å². The van der Waals surface area contributed by atoms with Crippen molar-refractivity contribution in [2.24, 2.45) is 5.92 Å². The summed E-state index contributed by atoms with van der Waals surface area (Å²) in [7, 11) is 0. The van der Waals surface area contributed by atoms with E-state index < -0.39 is 0 Å². The summed E-state index contributed by atoms with van der Waals surface area (Å²) >= 11 is 0. The van der Waals surface area contributed by atoms with E-state index >= 15 is 0 Å². The lowest BCUT2D eigenvalue weighted by atomic mass is 10.0. The zero-order valence-electron chi connectivity index (χ0n) is 10.3. The van der Waals surface area contributed by atoms with Crippen LogP contribution in [0.3, 0.4) is 0 Å². The molecule has 1 atom stereocenters. The average molecular weight is 243 g/mol. The molecule has 2 aromatic rings. The Morgan fingerprint density at radius 1 is 1.28 bits per heavy atom. The van der Waals surface area contributed by atoms with Gasteiger partial charge in [0.2, 0.25) is 0 Å². The molecule has 2 heterocycles. The first-order chi connectivity index (χ1) is 8.93. The van der Waals surface area contributed by atoms with Crippen molar-refractivity contribution in [3.8, 4) is 0 Å². The first-order valence-corrected chi connectivity index (χ1v) is 6.45. The van der Waals surface area contributed by atoms with Gasteiger partial charge in [0.15, 0.2) is 0 Å². The maximum Gasteiger partial charge on any atom is 0.137 e. The average Bonchev–Trinajstić information content (AvgIpc) is 2.46. The third-order valence-corrected chi connectivity index (χ3v) is 3.36. The highest BCUT2D eigenvalue weighted by Gasteiger charge is 2.14. The zero-order chi connectivity index (χ0) is 12.2. The summed E-state index contributed by atoms with van der Waals surface area (Å²) in [5.74, 6) is 1.51. The number of nitrogens with zero attached hydrogens (tertiary/aromatic N) is 2. The van der Waals surface area contributed by atoms with Crippen molar-refractivity contribution in [2.45, 2.75) is 12.8 Å². The molecule has 1 aromatic carbocycles. The van der Waals surface area contributed by atoms with Gasteiger partial charge in [-0.15, -0.1) is 0 Å². The number of ether oxygens (including phenoxy) is 1. The summed E-state index contributed by atoms with van der Waals surface area (Å²) in [5, 5.41) is 4.51. The maximum absolute atomic E-state index is 5.49. The van der Waals surface area contributed by atoms with Crippen molar-refractivity contribution >= 4 is 16.7 Å². The van der Waals surface area contributed by atoms with E-state index in [1.54, 1.807) is 6.33 Å². The predicted molar refractivity (Wildman–Crippen MR) is 71.6 cm³/mol. The Morgan fingerprint density at radius 3 is 3.11 bits per heavy atom. The van der Waals surface area contributed by atoms with E-state index in [-0.39, 0.29) is 0 Å². The molecule has 4 nitrogen and oxygen atoms in total. The molecule has 0 amide bonds. The van der Waals surface area contributed by atoms with Crippen molar-refractivity contribution in [1.29, 1.82) is 0 Å². The largest absolute Gasteiger partial charge is 0.381 e. The summed E-state index contributed by atoms with van der Waals surface area (Å²) < 4.78 is 5.49. The minimum Gasteiger partial charge on any atom is -0.381 e. The monoisotopic (exact) mass is 243 g/mol. The Kier molecular flexibility index (Phi) is 3.37. The number of fused-ring (bicyclic) bond motifs is 1. The van der Waals surface area contributed by atoms with Crippen LogP contribution in [0.4, 0.5) is 5.82 Å². The van der Waals surface area contributed by atoms with E-state index in [2.05, 4.69) is 21.4 Å². The van der Waals surface area contributed by atoms with E-state index in [0.29, 0.717) is 5.92 Å². The lowest BCUT2D eigenvalue weighted by Crippen LogP contribution is -2.24. The molecule has 0 bridgehead atoms. The third kappa shape index (κ3) is 2.43. The van der Waals surface area contributed by atoms with Gasteiger partial charge in [0.1, 0.15) is 12.1 Å². The van der Waals surface area contributed by atoms with Crippen molar-refractivity contribution in [1.82, 2.24) is 9.97 Å². The van der Waals surface area contributed by atoms with Crippen LogP contribution in [-0.2, 0) is 4.74 Å². The Labute approximate surface area is 106 Å². The van der Waals surface area contributed by atoms with Gasteiger partial charge in [-0.25, -0.2) is 9.97 Å². The molecule has 94 valence electrons. The van der Waals surface area contributed by atoms with E-state index in [1.165, 1.54) is 6.42 Å². The summed E-state index contributed by atoms with van der Waals surface area (Å²) in [4.78, 5) is 8.59. The fraction of sp³-hybridized carbons (Fsp3) is 0.429. The topological polar surface area (TPSA) is 47.0 Å². The molecule has 0 radical (unpaired) electrons. The molecule has 1 aliphatic heterocycles. The van der Waals surface area contributed by atoms with E-state index in [1.807, 2.05) is 18.2 Å². The predicted octanol–water partition coefficient (Wildman–Crippen LogP) is 2.47. The van der Waals surface area contributed by atoms with Crippen LogP contribution in [0.25, 0.3) is 10.9 Å². The smallest absolute Gasteiger partial charge is 0.137 e. The molecule has 4 heteroatoms. The van der Waals surface area contributed by atoms with Crippen LogP contribution >= 0.6 is 0 Å². The summed E-state index contributed by atoms with van der Waals surface area (Å²) in [6, 6.07) is 8.07. The summed E-state index contributed by atoms with van der Waals surface area (Å²) in [6.07, 6.45) is 4.01. The van der Waals surface area contributed by atoms with Gasteiger partial charge < -0.3 is 10.1 Å². The molecular weight excluding hydrogens is 226 g/mol. The van der Waals surface area contributed by atoms with Gasteiger partial charge in [0.25, 0.3) is 0 Å². The zero-order valence-corrected chi connectivity index (χ0v) is 10.3. The summed E-state index contributed by atoms with van der Waals surface area (Å²) in [5.41, 5.74) is 0.981. The number of para-hydroxylation sites is 1. The van der Waals surface area contributed by atoms with Gasteiger partial charge in [0.05, 0.1) is 12.1 Å². The Bertz CT molecular complexity index is 518. The molecule has 1 saturated heterocycles. The fourth-order valence-electron chi connectivity index (χ4n) is 2.36. The van der Waals surface area contributed by atoms with Gasteiger partial charge in [-0.05, 0) is 30.9 Å². The highest BCUT2D eigenvalue weighted by Crippen LogP contribution is 2.20. The van der Waals surface area contributed by atoms with E-state index in [4.69, 9.17) is 4.74 Å². The minimum atomic E-state index is 0.590. The van der Waals surface area contributed by atoms with Crippen LogP contribution in [-0.4, -0.2) is 29.7 Å². The summed E-state index contributed by atoms with van der Waals surface area (Å²) in [6.45, 7) is 2.68. The van der Waals surface area contributed by atoms with Crippen LogP contribution < -0.4 is 5.32 Å². The van der Waals surface area contributed by atoms with Gasteiger partial charge in [-0.3, -0.25) is 0 Å². The first kappa shape index (κ1) is 11.4. The fourth-order valence-corrected chi connectivity index (χ4v) is 2.36. The number of hydrogen-bond acceptors (Lipinski definition) is 4. The lowest BCUT2D eigenvalue weighted by Gasteiger charge is -2.22. The minimum absolute atomic E-state index is 0.590. The molecule has 1 fully saturated rings. The van der Waals surface area contributed by atoms with Crippen molar-refractivity contribution in [2.75, 3.05) is 25.1 Å². The van der Waals surface area contributed by atoms with Gasteiger partial charge in [-0.2, -0.15) is 0 Å². The number of anilines is 1. The van der Waals surface area contributed by atoms with Crippen LogP contribution in [0, 0.1) is 5.92 Å². The van der Waals surface area contributed by atoms with Gasteiger partial charge in [0, 0.05) is 18.5 Å². The molecule has 3 rings (SSSR count). The highest BCUT2D eigenvalue weighted by atomic mass is 16.5. The molecule has 1 unspecified atom stereocenters. The SMILES string of the molecule is c1ccc2c(NCC3CCCOC3)ncnc2c1. The Balaban J connectivity index is 1.74. The van der Waals surface area contributed by atoms with Gasteiger partial charge in [-0.1, -0.05) is 12.1 Å². The molecule has 1 N–H and O–H groups in total. The van der Waals surface area contributed by atoms with Gasteiger partial charge >= 0.3 is 0 Å². The van der Waals surface area contributed by atoms with Crippen molar-refractivity contribution < 1.29 is 4.74 Å². The third-order valence-electron chi connectivity index (χ3n) is 3.36. The van der Waals surface area contributed by atoms with E-state index in [9.17, 15) is 0 Å². The normalized spacial score (nSPS) is 19.9. The standard InChI is InChI=1S/C14H17N3O/c1-2-6-13-12(5-1)14(17-10-16-13)15-8-11-4-3-7-18-9-11/h1-2,5-6,10-11H,3-4,7-9H2,(H,15,16,17). The highest BCUT2D eigenvalue weighted by molar-refractivity contribution is 5.88. The molecule has 0 saturated carbocycles. The molecule has 1 aromatic heterocycles. The number of hydrogen-bond donors (Lipinski definition) is 1. The molecule has 0 aliphatic carbocycles.